The van der Waals surface area contributed by atoms with Gasteiger partial charge in [-0.3, -0.25) is 9.59 Å². The minimum atomic E-state index is -0.854. The second-order valence-electron chi connectivity index (χ2n) is 8.65. The number of carboxylic acids is 1. The highest BCUT2D eigenvalue weighted by atomic mass is 16.5. The molecular formula is C22H40O4. The molecule has 0 aromatic heterocycles. The summed E-state index contributed by atoms with van der Waals surface area (Å²) in [5.41, 5.74) is 0. The molecule has 0 aromatic carbocycles. The van der Waals surface area contributed by atoms with Crippen LogP contribution in [0.5, 0.6) is 0 Å². The fourth-order valence-electron chi connectivity index (χ4n) is 3.93. The van der Waals surface area contributed by atoms with Gasteiger partial charge in [0.05, 0.1) is 18.4 Å². The zero-order valence-corrected chi connectivity index (χ0v) is 17.2. The predicted octanol–water partition coefficient (Wildman–Crippen LogP) is 5.83. The Morgan fingerprint density at radius 3 is 2.08 bits per heavy atom. The van der Waals surface area contributed by atoms with Crippen molar-refractivity contribution in [3.8, 4) is 0 Å². The van der Waals surface area contributed by atoms with Crippen molar-refractivity contribution in [2.24, 2.45) is 23.7 Å². The van der Waals surface area contributed by atoms with E-state index in [0.29, 0.717) is 25.4 Å². The molecule has 0 heterocycles. The van der Waals surface area contributed by atoms with E-state index in [1.165, 1.54) is 44.9 Å². The average molecular weight is 369 g/mol. The molecule has 1 aliphatic rings. The Balaban J connectivity index is 2.04. The second-order valence-corrected chi connectivity index (χ2v) is 8.65. The maximum absolute atomic E-state index is 12.3. The van der Waals surface area contributed by atoms with Crippen molar-refractivity contribution >= 4 is 11.9 Å². The summed E-state index contributed by atoms with van der Waals surface area (Å²) < 4.78 is 5.39. The fourth-order valence-corrected chi connectivity index (χ4v) is 3.93. The number of aliphatic carboxylic acids is 1. The van der Waals surface area contributed by atoms with Crippen LogP contribution in [0.2, 0.25) is 0 Å². The summed E-state index contributed by atoms with van der Waals surface area (Å²) in [7, 11) is 0. The summed E-state index contributed by atoms with van der Waals surface area (Å²) >= 11 is 0. The van der Waals surface area contributed by atoms with Crippen molar-refractivity contribution < 1.29 is 19.4 Å². The Hall–Kier alpha value is -1.06. The lowest BCUT2D eigenvalue weighted by Gasteiger charge is -2.30. The molecule has 0 spiro atoms. The molecule has 0 radical (unpaired) electrons. The third-order valence-electron chi connectivity index (χ3n) is 5.65. The molecule has 1 rings (SSSR count). The molecule has 0 aromatic rings. The van der Waals surface area contributed by atoms with E-state index in [0.717, 1.165) is 25.2 Å². The molecule has 0 saturated heterocycles. The number of carboxylic acid groups (broad SMARTS) is 1. The highest BCUT2D eigenvalue weighted by Crippen LogP contribution is 2.34. The van der Waals surface area contributed by atoms with Crippen LogP contribution >= 0.6 is 0 Å². The number of unbranched alkanes of at least 4 members (excludes halogenated alkanes) is 7. The molecule has 3 atom stereocenters. The SMILES string of the molecule is CC(C)CCCCCCCCCCOC(=O)C1CC(C)CCC1C(=O)O. The molecular weight excluding hydrogens is 328 g/mol. The highest BCUT2D eigenvalue weighted by molar-refractivity contribution is 5.81. The maximum Gasteiger partial charge on any atom is 0.309 e. The van der Waals surface area contributed by atoms with Gasteiger partial charge >= 0.3 is 11.9 Å². The molecule has 3 unspecified atom stereocenters. The first kappa shape index (κ1) is 23.0. The Kier molecular flexibility index (Phi) is 11.6. The van der Waals surface area contributed by atoms with E-state index >= 15 is 0 Å². The minimum absolute atomic E-state index is 0.297. The number of rotatable bonds is 13. The van der Waals surface area contributed by atoms with E-state index in [1.807, 2.05) is 0 Å². The van der Waals surface area contributed by atoms with Gasteiger partial charge in [0.2, 0.25) is 0 Å². The van der Waals surface area contributed by atoms with Crippen LogP contribution in [0.3, 0.4) is 0 Å². The van der Waals surface area contributed by atoms with E-state index < -0.39 is 17.8 Å². The van der Waals surface area contributed by atoms with Gasteiger partial charge in [0, 0.05) is 0 Å². The third-order valence-corrected chi connectivity index (χ3v) is 5.65. The Labute approximate surface area is 160 Å². The standard InChI is InChI=1S/C22H40O4/c1-17(2)12-10-8-6-4-5-7-9-11-15-26-22(25)20-16-18(3)13-14-19(20)21(23)24/h17-20H,4-16H2,1-3H3,(H,23,24). The monoisotopic (exact) mass is 368 g/mol. The number of hydrogen-bond acceptors (Lipinski definition) is 3. The summed E-state index contributed by atoms with van der Waals surface area (Å²) in [5.74, 6) is -0.943. The number of carbonyl (C=O) groups is 2. The maximum atomic E-state index is 12.3. The minimum Gasteiger partial charge on any atom is -0.481 e. The Bertz CT molecular complexity index is 405. The third kappa shape index (κ3) is 9.59. The Morgan fingerprint density at radius 2 is 1.50 bits per heavy atom. The molecule has 4 nitrogen and oxygen atoms in total. The van der Waals surface area contributed by atoms with Gasteiger partial charge < -0.3 is 9.84 Å². The van der Waals surface area contributed by atoms with Crippen molar-refractivity contribution in [2.75, 3.05) is 6.61 Å². The molecule has 4 heteroatoms. The zero-order chi connectivity index (χ0) is 19.4. The normalized spacial score (nSPS) is 23.2. The van der Waals surface area contributed by atoms with Gasteiger partial charge in [0.15, 0.2) is 0 Å². The van der Waals surface area contributed by atoms with Gasteiger partial charge in [-0.25, -0.2) is 0 Å². The smallest absolute Gasteiger partial charge is 0.309 e. The summed E-state index contributed by atoms with van der Waals surface area (Å²) in [6, 6.07) is 0. The van der Waals surface area contributed by atoms with E-state index in [-0.39, 0.29) is 5.97 Å². The largest absolute Gasteiger partial charge is 0.481 e. The number of esters is 1. The second kappa shape index (κ2) is 13.2. The lowest BCUT2D eigenvalue weighted by molar-refractivity contribution is -0.160. The molecule has 0 bridgehead atoms. The van der Waals surface area contributed by atoms with E-state index in [9.17, 15) is 14.7 Å². The molecule has 1 aliphatic carbocycles. The van der Waals surface area contributed by atoms with E-state index in [2.05, 4.69) is 20.8 Å². The zero-order valence-electron chi connectivity index (χ0n) is 17.2. The van der Waals surface area contributed by atoms with Crippen LogP contribution < -0.4 is 0 Å². The van der Waals surface area contributed by atoms with E-state index in [1.54, 1.807) is 0 Å². The summed E-state index contributed by atoms with van der Waals surface area (Å²) in [6.07, 6.45) is 13.2. The molecule has 26 heavy (non-hydrogen) atoms. The number of hydrogen-bond donors (Lipinski definition) is 1. The molecule has 152 valence electrons. The van der Waals surface area contributed by atoms with Gasteiger partial charge in [-0.1, -0.05) is 72.1 Å². The summed E-state index contributed by atoms with van der Waals surface area (Å²) in [6.45, 7) is 7.08. The van der Waals surface area contributed by atoms with Crippen LogP contribution in [-0.4, -0.2) is 23.7 Å². The van der Waals surface area contributed by atoms with Crippen molar-refractivity contribution in [1.82, 2.24) is 0 Å². The quantitative estimate of drug-likeness (QED) is 0.328. The fraction of sp³-hybridized carbons (Fsp3) is 0.909. The van der Waals surface area contributed by atoms with Crippen molar-refractivity contribution in [2.45, 2.75) is 97.8 Å². The predicted molar refractivity (Wildman–Crippen MR) is 105 cm³/mol. The van der Waals surface area contributed by atoms with Crippen LogP contribution in [0.15, 0.2) is 0 Å². The highest BCUT2D eigenvalue weighted by Gasteiger charge is 2.39. The molecule has 1 saturated carbocycles. The lowest BCUT2D eigenvalue weighted by atomic mass is 9.74. The molecule has 1 fully saturated rings. The van der Waals surface area contributed by atoms with Crippen LogP contribution in [0, 0.1) is 23.7 Å². The Morgan fingerprint density at radius 1 is 0.923 bits per heavy atom. The van der Waals surface area contributed by atoms with Gasteiger partial charge in [0.1, 0.15) is 0 Å². The first-order chi connectivity index (χ1) is 12.4. The van der Waals surface area contributed by atoms with Gasteiger partial charge in [-0.15, -0.1) is 0 Å². The van der Waals surface area contributed by atoms with Gasteiger partial charge in [-0.2, -0.15) is 0 Å². The summed E-state index contributed by atoms with van der Waals surface area (Å²) in [4.78, 5) is 23.6. The van der Waals surface area contributed by atoms with Crippen LogP contribution in [0.1, 0.15) is 97.8 Å². The molecule has 1 N–H and O–H groups in total. The van der Waals surface area contributed by atoms with Gasteiger partial charge in [0.25, 0.3) is 0 Å². The number of ether oxygens (including phenoxy) is 1. The van der Waals surface area contributed by atoms with Crippen LogP contribution in [0.25, 0.3) is 0 Å². The summed E-state index contributed by atoms with van der Waals surface area (Å²) in [5, 5.41) is 9.31. The van der Waals surface area contributed by atoms with Crippen molar-refractivity contribution in [3.63, 3.8) is 0 Å². The molecule has 0 aliphatic heterocycles. The first-order valence-corrected chi connectivity index (χ1v) is 10.8. The number of carbonyl (C=O) groups excluding carboxylic acids is 1. The topological polar surface area (TPSA) is 63.6 Å². The average Bonchev–Trinajstić information content (AvgIpc) is 2.58. The van der Waals surface area contributed by atoms with E-state index in [4.69, 9.17) is 4.74 Å². The molecule has 0 amide bonds. The first-order valence-electron chi connectivity index (χ1n) is 10.8. The van der Waals surface area contributed by atoms with Gasteiger partial charge in [-0.05, 0) is 37.5 Å². The van der Waals surface area contributed by atoms with Crippen LogP contribution in [-0.2, 0) is 14.3 Å². The van der Waals surface area contributed by atoms with Crippen LogP contribution in [0.4, 0.5) is 0 Å². The lowest BCUT2D eigenvalue weighted by Crippen LogP contribution is -2.36. The van der Waals surface area contributed by atoms with Crippen molar-refractivity contribution in [3.05, 3.63) is 0 Å². The van der Waals surface area contributed by atoms with Crippen molar-refractivity contribution in [1.29, 1.82) is 0 Å².